The molecule has 0 bridgehead atoms. The molecule has 1 aliphatic heterocycles. The van der Waals surface area contributed by atoms with Gasteiger partial charge in [-0.15, -0.1) is 0 Å². The van der Waals surface area contributed by atoms with Crippen molar-refractivity contribution in [2.75, 3.05) is 19.6 Å². The van der Waals surface area contributed by atoms with Crippen LogP contribution in [0.2, 0.25) is 0 Å². The van der Waals surface area contributed by atoms with Crippen LogP contribution >= 0.6 is 0 Å². The molecule has 0 spiro atoms. The van der Waals surface area contributed by atoms with Crippen molar-refractivity contribution in [3.8, 4) is 0 Å². The van der Waals surface area contributed by atoms with E-state index in [0.29, 0.717) is 11.3 Å². The second-order valence-electron chi connectivity index (χ2n) is 6.36. The Hall–Kier alpha value is -0.860. The van der Waals surface area contributed by atoms with Crippen LogP contribution in [0, 0.1) is 5.41 Å². The Kier molecular flexibility index (Phi) is 3.90. The summed E-state index contributed by atoms with van der Waals surface area (Å²) in [5, 5.41) is 7.29. The molecule has 2 aliphatic rings. The zero-order chi connectivity index (χ0) is 13.1. The maximum absolute atomic E-state index is 3.75. The number of hydrogen-bond acceptors (Lipinski definition) is 2. The summed E-state index contributed by atoms with van der Waals surface area (Å²) in [7, 11) is 0. The minimum absolute atomic E-state index is 0.627. The van der Waals surface area contributed by atoms with Gasteiger partial charge in [0.05, 0.1) is 0 Å². The smallest absolute Gasteiger partial charge is 0.0208 e. The zero-order valence-corrected chi connectivity index (χ0v) is 12.0. The zero-order valence-electron chi connectivity index (χ0n) is 12.0. The van der Waals surface area contributed by atoms with Crippen LogP contribution in [0.1, 0.15) is 49.7 Å². The highest BCUT2D eigenvalue weighted by Crippen LogP contribution is 2.43. The average molecular weight is 258 g/mol. The fourth-order valence-corrected chi connectivity index (χ4v) is 3.61. The van der Waals surface area contributed by atoms with E-state index in [-0.39, 0.29) is 0 Å². The molecule has 1 fully saturated rings. The standard InChI is InChI=1S/C17H26N2/c1-2-17(8-5-9-17)13-19-12-15-11-18-10-14-6-3-4-7-16(14)15/h3-4,6-7,15,18-19H,2,5,8-13H2,1H3. The van der Waals surface area contributed by atoms with E-state index in [9.17, 15) is 0 Å². The van der Waals surface area contributed by atoms with E-state index < -0.39 is 0 Å². The number of benzene rings is 1. The van der Waals surface area contributed by atoms with Crippen molar-refractivity contribution in [1.82, 2.24) is 10.6 Å². The SMILES string of the molecule is CCC1(CNCC2CNCc3ccccc32)CCC1. The summed E-state index contributed by atoms with van der Waals surface area (Å²) in [6.45, 7) is 6.82. The average Bonchev–Trinajstić information content (AvgIpc) is 2.42. The molecule has 0 aromatic heterocycles. The molecule has 1 saturated carbocycles. The first-order valence-electron chi connectivity index (χ1n) is 7.82. The molecule has 2 heteroatoms. The van der Waals surface area contributed by atoms with E-state index in [4.69, 9.17) is 0 Å². The number of hydrogen-bond donors (Lipinski definition) is 2. The van der Waals surface area contributed by atoms with Gasteiger partial charge in [0.2, 0.25) is 0 Å². The summed E-state index contributed by atoms with van der Waals surface area (Å²) in [6, 6.07) is 8.89. The minimum atomic E-state index is 0.627. The molecule has 0 radical (unpaired) electrons. The summed E-state index contributed by atoms with van der Waals surface area (Å²) in [4.78, 5) is 0. The van der Waals surface area contributed by atoms with E-state index in [1.165, 1.54) is 37.8 Å². The Bertz CT molecular complexity index is 418. The third-order valence-electron chi connectivity index (χ3n) is 5.26. The highest BCUT2D eigenvalue weighted by molar-refractivity contribution is 5.32. The van der Waals surface area contributed by atoms with Gasteiger partial charge in [-0.1, -0.05) is 37.6 Å². The first-order valence-corrected chi connectivity index (χ1v) is 7.82. The van der Waals surface area contributed by atoms with Gasteiger partial charge in [0.15, 0.2) is 0 Å². The second-order valence-corrected chi connectivity index (χ2v) is 6.36. The molecule has 1 aromatic carbocycles. The second kappa shape index (κ2) is 5.64. The lowest BCUT2D eigenvalue weighted by Crippen LogP contribution is -2.42. The molecule has 0 saturated heterocycles. The number of nitrogens with one attached hydrogen (secondary N) is 2. The van der Waals surface area contributed by atoms with Gasteiger partial charge in [0.25, 0.3) is 0 Å². The fraction of sp³-hybridized carbons (Fsp3) is 0.647. The third kappa shape index (κ3) is 2.70. The van der Waals surface area contributed by atoms with Crippen LogP contribution in [0.5, 0.6) is 0 Å². The lowest BCUT2D eigenvalue weighted by molar-refractivity contribution is 0.123. The highest BCUT2D eigenvalue weighted by atomic mass is 14.9. The van der Waals surface area contributed by atoms with Crippen LogP contribution in [0.3, 0.4) is 0 Å². The minimum Gasteiger partial charge on any atom is -0.316 e. The Labute approximate surface area is 117 Å². The number of rotatable bonds is 5. The highest BCUT2D eigenvalue weighted by Gasteiger charge is 2.34. The maximum Gasteiger partial charge on any atom is 0.0208 e. The van der Waals surface area contributed by atoms with E-state index in [1.807, 2.05) is 0 Å². The molecule has 1 heterocycles. The van der Waals surface area contributed by atoms with Crippen molar-refractivity contribution in [3.63, 3.8) is 0 Å². The topological polar surface area (TPSA) is 24.1 Å². The first-order chi connectivity index (χ1) is 9.33. The summed E-state index contributed by atoms with van der Waals surface area (Å²) >= 11 is 0. The van der Waals surface area contributed by atoms with Crippen molar-refractivity contribution in [3.05, 3.63) is 35.4 Å². The monoisotopic (exact) mass is 258 g/mol. The molecule has 3 rings (SSSR count). The van der Waals surface area contributed by atoms with Gasteiger partial charge in [-0.2, -0.15) is 0 Å². The van der Waals surface area contributed by atoms with Gasteiger partial charge in [0, 0.05) is 32.1 Å². The molecule has 2 nitrogen and oxygen atoms in total. The van der Waals surface area contributed by atoms with Gasteiger partial charge < -0.3 is 10.6 Å². The predicted molar refractivity (Wildman–Crippen MR) is 80.3 cm³/mol. The lowest BCUT2D eigenvalue weighted by atomic mass is 9.67. The van der Waals surface area contributed by atoms with Crippen molar-refractivity contribution < 1.29 is 0 Å². The molecule has 1 aromatic rings. The Morgan fingerprint density at radius 1 is 1.32 bits per heavy atom. The molecular formula is C17H26N2. The lowest BCUT2D eigenvalue weighted by Gasteiger charge is -2.42. The van der Waals surface area contributed by atoms with Crippen LogP contribution in [0.15, 0.2) is 24.3 Å². The largest absolute Gasteiger partial charge is 0.316 e. The van der Waals surface area contributed by atoms with Gasteiger partial charge >= 0.3 is 0 Å². The van der Waals surface area contributed by atoms with E-state index in [0.717, 1.165) is 19.6 Å². The van der Waals surface area contributed by atoms with Crippen LogP contribution in [0.25, 0.3) is 0 Å². The Balaban J connectivity index is 1.56. The van der Waals surface area contributed by atoms with Crippen molar-refractivity contribution in [1.29, 1.82) is 0 Å². The molecule has 1 aliphatic carbocycles. The summed E-state index contributed by atoms with van der Waals surface area (Å²) in [6.07, 6.45) is 5.62. The van der Waals surface area contributed by atoms with Crippen molar-refractivity contribution >= 4 is 0 Å². The summed E-state index contributed by atoms with van der Waals surface area (Å²) in [5.41, 5.74) is 3.66. The summed E-state index contributed by atoms with van der Waals surface area (Å²) in [5.74, 6) is 0.638. The quantitative estimate of drug-likeness (QED) is 0.848. The van der Waals surface area contributed by atoms with Crippen LogP contribution in [0.4, 0.5) is 0 Å². The predicted octanol–water partition coefficient (Wildman–Crippen LogP) is 3.04. The van der Waals surface area contributed by atoms with Gasteiger partial charge in [0.1, 0.15) is 0 Å². The van der Waals surface area contributed by atoms with Crippen molar-refractivity contribution in [2.45, 2.75) is 45.1 Å². The third-order valence-corrected chi connectivity index (χ3v) is 5.26. The van der Waals surface area contributed by atoms with Gasteiger partial charge in [-0.05, 0) is 35.8 Å². The van der Waals surface area contributed by atoms with E-state index >= 15 is 0 Å². The number of fused-ring (bicyclic) bond motifs is 1. The molecule has 2 N–H and O–H groups in total. The van der Waals surface area contributed by atoms with Crippen LogP contribution < -0.4 is 10.6 Å². The van der Waals surface area contributed by atoms with Gasteiger partial charge in [-0.25, -0.2) is 0 Å². The molecule has 0 amide bonds. The maximum atomic E-state index is 3.75. The normalized spacial score (nSPS) is 24.6. The van der Waals surface area contributed by atoms with Crippen LogP contribution in [-0.4, -0.2) is 19.6 Å². The molecule has 1 unspecified atom stereocenters. The molecular weight excluding hydrogens is 232 g/mol. The van der Waals surface area contributed by atoms with Crippen molar-refractivity contribution in [2.24, 2.45) is 5.41 Å². The van der Waals surface area contributed by atoms with E-state index in [2.05, 4.69) is 41.8 Å². The van der Waals surface area contributed by atoms with Gasteiger partial charge in [-0.3, -0.25) is 0 Å². The fourth-order valence-electron chi connectivity index (χ4n) is 3.61. The van der Waals surface area contributed by atoms with E-state index in [1.54, 1.807) is 5.56 Å². The molecule has 1 atom stereocenters. The van der Waals surface area contributed by atoms with Crippen LogP contribution in [-0.2, 0) is 6.54 Å². The molecule has 104 valence electrons. The summed E-state index contributed by atoms with van der Waals surface area (Å²) < 4.78 is 0. The Morgan fingerprint density at radius 3 is 2.89 bits per heavy atom. The first kappa shape index (κ1) is 13.1. The molecule has 19 heavy (non-hydrogen) atoms. The Morgan fingerprint density at radius 2 is 2.16 bits per heavy atom.